The van der Waals surface area contributed by atoms with Gasteiger partial charge in [-0.05, 0) is 24.0 Å². The molecule has 104 valence electrons. The van der Waals surface area contributed by atoms with Crippen molar-refractivity contribution in [3.63, 3.8) is 0 Å². The molecule has 1 aliphatic rings. The monoisotopic (exact) mass is 327 g/mol. The highest BCUT2D eigenvalue weighted by atomic mass is 79.9. The van der Waals surface area contributed by atoms with Crippen molar-refractivity contribution in [3.8, 4) is 0 Å². The van der Waals surface area contributed by atoms with E-state index in [2.05, 4.69) is 34.7 Å². The number of anilines is 1. The molecule has 0 aromatic heterocycles. The second-order valence-electron chi connectivity index (χ2n) is 5.70. The predicted molar refractivity (Wildman–Crippen MR) is 79.4 cm³/mol. The molecule has 6 heteroatoms. The molecule has 1 atom stereocenters. The lowest BCUT2D eigenvalue weighted by molar-refractivity contribution is -0.384. The topological polar surface area (TPSA) is 72.4 Å². The minimum absolute atomic E-state index is 0.0472. The van der Waals surface area contributed by atoms with Crippen molar-refractivity contribution in [1.82, 2.24) is 0 Å². The SMILES string of the molecule is CC1(C)CN(c2cc(Br)ccc2[N+](=O)[O-])CCC1N. The van der Waals surface area contributed by atoms with Gasteiger partial charge in [-0.3, -0.25) is 10.1 Å². The van der Waals surface area contributed by atoms with Crippen molar-refractivity contribution in [2.45, 2.75) is 26.3 Å². The summed E-state index contributed by atoms with van der Waals surface area (Å²) in [5.74, 6) is 0. The van der Waals surface area contributed by atoms with Crippen molar-refractivity contribution < 1.29 is 4.92 Å². The molecule has 0 spiro atoms. The van der Waals surface area contributed by atoms with E-state index in [9.17, 15) is 10.1 Å². The number of halogens is 1. The predicted octanol–water partition coefficient (Wildman–Crippen LogP) is 2.92. The number of hydrogen-bond donors (Lipinski definition) is 1. The molecule has 1 fully saturated rings. The molecule has 1 heterocycles. The van der Waals surface area contributed by atoms with E-state index in [1.807, 2.05) is 6.07 Å². The first-order valence-corrected chi connectivity index (χ1v) is 7.05. The summed E-state index contributed by atoms with van der Waals surface area (Å²) >= 11 is 3.38. The number of nitro benzene ring substituents is 1. The smallest absolute Gasteiger partial charge is 0.292 e. The molecular formula is C13H18BrN3O2. The van der Waals surface area contributed by atoms with Gasteiger partial charge in [-0.15, -0.1) is 0 Å². The fourth-order valence-corrected chi connectivity index (χ4v) is 2.83. The molecule has 1 aromatic carbocycles. The average molecular weight is 328 g/mol. The molecule has 0 aliphatic carbocycles. The Morgan fingerprint density at radius 3 is 2.79 bits per heavy atom. The molecule has 2 rings (SSSR count). The van der Waals surface area contributed by atoms with Gasteiger partial charge in [0.05, 0.1) is 4.92 Å². The van der Waals surface area contributed by atoms with Gasteiger partial charge in [0.15, 0.2) is 0 Å². The second kappa shape index (κ2) is 5.09. The Morgan fingerprint density at radius 1 is 1.53 bits per heavy atom. The van der Waals surface area contributed by atoms with Gasteiger partial charge in [-0.1, -0.05) is 29.8 Å². The van der Waals surface area contributed by atoms with Crippen LogP contribution < -0.4 is 10.6 Å². The van der Waals surface area contributed by atoms with Crippen LogP contribution in [-0.4, -0.2) is 24.1 Å². The van der Waals surface area contributed by atoms with Gasteiger partial charge in [0.2, 0.25) is 0 Å². The highest BCUT2D eigenvalue weighted by Gasteiger charge is 2.35. The first-order chi connectivity index (χ1) is 8.81. The Bertz CT molecular complexity index is 505. The second-order valence-corrected chi connectivity index (χ2v) is 6.61. The minimum Gasteiger partial charge on any atom is -0.365 e. The van der Waals surface area contributed by atoms with Gasteiger partial charge in [0.1, 0.15) is 5.69 Å². The minimum atomic E-state index is -0.330. The van der Waals surface area contributed by atoms with Crippen molar-refractivity contribution in [3.05, 3.63) is 32.8 Å². The zero-order valence-electron chi connectivity index (χ0n) is 11.1. The van der Waals surface area contributed by atoms with Gasteiger partial charge in [0, 0.05) is 29.7 Å². The maximum Gasteiger partial charge on any atom is 0.292 e. The number of nitrogens with two attached hydrogens (primary N) is 1. The van der Waals surface area contributed by atoms with E-state index in [0.29, 0.717) is 5.69 Å². The summed E-state index contributed by atoms with van der Waals surface area (Å²) in [5, 5.41) is 11.1. The molecule has 2 N–H and O–H groups in total. The highest BCUT2D eigenvalue weighted by Crippen LogP contribution is 2.36. The van der Waals surface area contributed by atoms with Gasteiger partial charge < -0.3 is 10.6 Å². The number of benzene rings is 1. The summed E-state index contributed by atoms with van der Waals surface area (Å²) < 4.78 is 0.848. The highest BCUT2D eigenvalue weighted by molar-refractivity contribution is 9.10. The van der Waals surface area contributed by atoms with E-state index in [4.69, 9.17) is 5.73 Å². The van der Waals surface area contributed by atoms with Gasteiger partial charge in [0.25, 0.3) is 5.69 Å². The van der Waals surface area contributed by atoms with Gasteiger partial charge in [-0.25, -0.2) is 0 Å². The van der Waals surface area contributed by atoms with Crippen LogP contribution in [0.3, 0.4) is 0 Å². The number of rotatable bonds is 2. The number of nitrogens with zero attached hydrogens (tertiary/aromatic N) is 2. The first-order valence-electron chi connectivity index (χ1n) is 6.26. The molecule has 1 unspecified atom stereocenters. The van der Waals surface area contributed by atoms with Crippen LogP contribution in [0.4, 0.5) is 11.4 Å². The molecule has 1 aliphatic heterocycles. The lowest BCUT2D eigenvalue weighted by atomic mass is 9.79. The summed E-state index contributed by atoms with van der Waals surface area (Å²) in [6, 6.07) is 5.18. The van der Waals surface area contributed by atoms with Crippen molar-refractivity contribution in [1.29, 1.82) is 0 Å². The van der Waals surface area contributed by atoms with Crippen LogP contribution in [0.15, 0.2) is 22.7 Å². The Kier molecular flexibility index (Phi) is 3.82. The zero-order chi connectivity index (χ0) is 14.2. The van der Waals surface area contributed by atoms with Crippen LogP contribution in [0, 0.1) is 15.5 Å². The molecule has 1 saturated heterocycles. The summed E-state index contributed by atoms with van der Waals surface area (Å²) in [4.78, 5) is 12.9. The summed E-state index contributed by atoms with van der Waals surface area (Å²) in [7, 11) is 0. The Labute approximate surface area is 121 Å². The van der Waals surface area contributed by atoms with Gasteiger partial charge in [-0.2, -0.15) is 0 Å². The first kappa shape index (κ1) is 14.3. The molecule has 5 nitrogen and oxygen atoms in total. The van der Waals surface area contributed by atoms with E-state index in [0.717, 1.165) is 24.0 Å². The molecule has 0 amide bonds. The Balaban J connectivity index is 2.36. The third-order valence-corrected chi connectivity index (χ3v) is 4.28. The van der Waals surface area contributed by atoms with E-state index in [1.165, 1.54) is 0 Å². The van der Waals surface area contributed by atoms with Crippen LogP contribution >= 0.6 is 15.9 Å². The third kappa shape index (κ3) is 2.90. The molecule has 0 radical (unpaired) electrons. The third-order valence-electron chi connectivity index (χ3n) is 3.79. The van der Waals surface area contributed by atoms with E-state index < -0.39 is 0 Å². The lowest BCUT2D eigenvalue weighted by Crippen LogP contribution is -2.52. The van der Waals surface area contributed by atoms with Crippen molar-refractivity contribution in [2.24, 2.45) is 11.1 Å². The number of piperidine rings is 1. The average Bonchev–Trinajstić information content (AvgIpc) is 2.32. The standard InChI is InChI=1S/C13H18BrN3O2/c1-13(2)8-16(6-5-12(13)15)11-7-9(14)3-4-10(11)17(18)19/h3-4,7,12H,5-6,8,15H2,1-2H3. The fourth-order valence-electron chi connectivity index (χ4n) is 2.48. The molecule has 0 saturated carbocycles. The molecule has 19 heavy (non-hydrogen) atoms. The summed E-state index contributed by atoms with van der Waals surface area (Å²) in [5.41, 5.74) is 6.88. The van der Waals surface area contributed by atoms with Crippen LogP contribution in [-0.2, 0) is 0 Å². The van der Waals surface area contributed by atoms with E-state index in [1.54, 1.807) is 12.1 Å². The van der Waals surface area contributed by atoms with Gasteiger partial charge >= 0.3 is 0 Å². The maximum absolute atomic E-state index is 11.1. The molecular weight excluding hydrogens is 310 g/mol. The quantitative estimate of drug-likeness (QED) is 0.669. The maximum atomic E-state index is 11.1. The van der Waals surface area contributed by atoms with Crippen LogP contribution in [0.5, 0.6) is 0 Å². The fraction of sp³-hybridized carbons (Fsp3) is 0.538. The van der Waals surface area contributed by atoms with Crippen molar-refractivity contribution in [2.75, 3.05) is 18.0 Å². The van der Waals surface area contributed by atoms with Crippen LogP contribution in [0.25, 0.3) is 0 Å². The van der Waals surface area contributed by atoms with E-state index in [-0.39, 0.29) is 22.1 Å². The normalized spacial score (nSPS) is 22.3. The zero-order valence-corrected chi connectivity index (χ0v) is 12.7. The lowest BCUT2D eigenvalue weighted by Gasteiger charge is -2.43. The van der Waals surface area contributed by atoms with Crippen molar-refractivity contribution >= 4 is 27.3 Å². The largest absolute Gasteiger partial charge is 0.365 e. The molecule has 0 bridgehead atoms. The summed E-state index contributed by atoms with van der Waals surface area (Å²) in [6.07, 6.45) is 0.844. The summed E-state index contributed by atoms with van der Waals surface area (Å²) in [6.45, 7) is 5.69. The Hall–Kier alpha value is -1.14. The molecule has 1 aromatic rings. The van der Waals surface area contributed by atoms with E-state index >= 15 is 0 Å². The van der Waals surface area contributed by atoms with Crippen LogP contribution in [0.2, 0.25) is 0 Å². The Morgan fingerprint density at radius 2 is 2.21 bits per heavy atom. The number of nitro groups is 1. The number of hydrogen-bond acceptors (Lipinski definition) is 4. The van der Waals surface area contributed by atoms with Crippen LogP contribution in [0.1, 0.15) is 20.3 Å².